The third-order valence-electron chi connectivity index (χ3n) is 3.72. The van der Waals surface area contributed by atoms with E-state index in [9.17, 15) is 4.79 Å². The first-order chi connectivity index (χ1) is 10.6. The lowest BCUT2D eigenvalue weighted by atomic mass is 10.1. The zero-order valence-electron chi connectivity index (χ0n) is 12.6. The van der Waals surface area contributed by atoms with Gasteiger partial charge in [-0.1, -0.05) is 12.1 Å². The predicted molar refractivity (Wildman–Crippen MR) is 82.2 cm³/mol. The number of nitrogens with one attached hydrogen (secondary N) is 2. The Morgan fingerprint density at radius 2 is 2.14 bits per heavy atom. The fraction of sp³-hybridized carbons (Fsp3) is 0.312. The van der Waals surface area contributed by atoms with Crippen molar-refractivity contribution in [1.82, 2.24) is 20.5 Å². The summed E-state index contributed by atoms with van der Waals surface area (Å²) in [6.45, 7) is 4.27. The number of hydrogen-bond acceptors (Lipinski definition) is 4. The van der Waals surface area contributed by atoms with Crippen LogP contribution < -0.4 is 5.32 Å². The van der Waals surface area contributed by atoms with E-state index in [0.29, 0.717) is 25.3 Å². The van der Waals surface area contributed by atoms with E-state index >= 15 is 0 Å². The normalized spacial score (nSPS) is 11.0. The third kappa shape index (κ3) is 3.00. The molecule has 0 spiro atoms. The summed E-state index contributed by atoms with van der Waals surface area (Å²) in [5.74, 6) is 0.476. The molecule has 0 fully saturated rings. The van der Waals surface area contributed by atoms with Crippen LogP contribution in [-0.2, 0) is 17.8 Å². The van der Waals surface area contributed by atoms with Gasteiger partial charge in [0.25, 0.3) is 0 Å². The molecule has 2 aromatic heterocycles. The molecule has 2 N–H and O–H groups in total. The van der Waals surface area contributed by atoms with Crippen molar-refractivity contribution < 1.29 is 9.21 Å². The summed E-state index contributed by atoms with van der Waals surface area (Å²) >= 11 is 0. The van der Waals surface area contributed by atoms with Gasteiger partial charge in [-0.25, -0.2) is 4.98 Å². The number of benzene rings is 1. The minimum absolute atomic E-state index is 0.0395. The Hall–Kier alpha value is -2.63. The average Bonchev–Trinajstić information content (AvgIpc) is 3.07. The standard InChI is InChI=1S/C16H18N4O2/c1-10-11(2)19-20-12(10)7-8-15(21)17-9-16-18-13-5-3-4-6-14(13)22-16/h3-6H,7-9H2,1-2H3,(H,17,21)(H,19,20). The number of oxazole rings is 1. The van der Waals surface area contributed by atoms with E-state index in [1.807, 2.05) is 38.1 Å². The Morgan fingerprint density at radius 3 is 2.86 bits per heavy atom. The predicted octanol–water partition coefficient (Wildman–Crippen LogP) is 2.42. The molecule has 0 aliphatic heterocycles. The third-order valence-corrected chi connectivity index (χ3v) is 3.72. The Kier molecular flexibility index (Phi) is 3.91. The van der Waals surface area contributed by atoms with E-state index < -0.39 is 0 Å². The minimum atomic E-state index is -0.0395. The Labute approximate surface area is 127 Å². The molecule has 0 saturated carbocycles. The number of carbonyl (C=O) groups is 1. The first-order valence-electron chi connectivity index (χ1n) is 7.25. The topological polar surface area (TPSA) is 83.8 Å². The van der Waals surface area contributed by atoms with E-state index in [1.165, 1.54) is 0 Å². The number of para-hydroxylation sites is 2. The van der Waals surface area contributed by atoms with Crippen LogP contribution in [0.2, 0.25) is 0 Å². The molecule has 6 heteroatoms. The van der Waals surface area contributed by atoms with E-state index in [4.69, 9.17) is 4.42 Å². The number of aromatic nitrogens is 3. The summed E-state index contributed by atoms with van der Waals surface area (Å²) in [6.07, 6.45) is 1.01. The number of amides is 1. The summed E-state index contributed by atoms with van der Waals surface area (Å²) < 4.78 is 5.56. The summed E-state index contributed by atoms with van der Waals surface area (Å²) in [5.41, 5.74) is 4.63. The SMILES string of the molecule is Cc1[nH]nc(CCC(=O)NCc2nc3ccccc3o2)c1C. The second kappa shape index (κ2) is 6.01. The van der Waals surface area contributed by atoms with Crippen molar-refractivity contribution in [2.45, 2.75) is 33.2 Å². The quantitative estimate of drug-likeness (QED) is 0.757. The fourth-order valence-electron chi connectivity index (χ4n) is 2.27. The van der Waals surface area contributed by atoms with Crippen LogP contribution in [0.25, 0.3) is 11.1 Å². The van der Waals surface area contributed by atoms with Crippen molar-refractivity contribution in [3.63, 3.8) is 0 Å². The van der Waals surface area contributed by atoms with Gasteiger partial charge in [0.05, 0.1) is 12.2 Å². The average molecular weight is 298 g/mol. The molecule has 22 heavy (non-hydrogen) atoms. The molecule has 114 valence electrons. The lowest BCUT2D eigenvalue weighted by Crippen LogP contribution is -2.23. The van der Waals surface area contributed by atoms with Crippen molar-refractivity contribution >= 4 is 17.0 Å². The summed E-state index contributed by atoms with van der Waals surface area (Å²) in [6, 6.07) is 7.54. The smallest absolute Gasteiger partial charge is 0.220 e. The van der Waals surface area contributed by atoms with Crippen LogP contribution in [0.3, 0.4) is 0 Å². The second-order valence-electron chi connectivity index (χ2n) is 5.27. The molecule has 1 amide bonds. The van der Waals surface area contributed by atoms with Crippen LogP contribution in [0.15, 0.2) is 28.7 Å². The van der Waals surface area contributed by atoms with Crippen LogP contribution in [0.1, 0.15) is 29.3 Å². The Morgan fingerprint density at radius 1 is 1.32 bits per heavy atom. The van der Waals surface area contributed by atoms with Crippen molar-refractivity contribution in [3.05, 3.63) is 47.1 Å². The molecule has 0 unspecified atom stereocenters. The van der Waals surface area contributed by atoms with Gasteiger partial charge in [0.2, 0.25) is 11.8 Å². The highest BCUT2D eigenvalue weighted by molar-refractivity contribution is 5.76. The maximum atomic E-state index is 11.9. The Bertz CT molecular complexity index is 770. The molecule has 3 rings (SSSR count). The highest BCUT2D eigenvalue weighted by Gasteiger charge is 2.10. The number of carbonyl (C=O) groups excluding carboxylic acids is 1. The highest BCUT2D eigenvalue weighted by Crippen LogP contribution is 2.14. The molecule has 0 saturated heterocycles. The monoisotopic (exact) mass is 298 g/mol. The van der Waals surface area contributed by atoms with Gasteiger partial charge in [0.15, 0.2) is 5.58 Å². The van der Waals surface area contributed by atoms with Crippen molar-refractivity contribution in [2.75, 3.05) is 0 Å². The van der Waals surface area contributed by atoms with Crippen LogP contribution >= 0.6 is 0 Å². The van der Waals surface area contributed by atoms with Crippen molar-refractivity contribution in [2.24, 2.45) is 0 Å². The summed E-state index contributed by atoms with van der Waals surface area (Å²) in [5, 5.41) is 9.95. The molecule has 0 aliphatic carbocycles. The molecule has 1 aromatic carbocycles. The lowest BCUT2D eigenvalue weighted by Gasteiger charge is -2.02. The molecule has 0 atom stereocenters. The van der Waals surface area contributed by atoms with Gasteiger partial charge < -0.3 is 9.73 Å². The number of aryl methyl sites for hydroxylation is 2. The van der Waals surface area contributed by atoms with Crippen LogP contribution in [-0.4, -0.2) is 21.1 Å². The van der Waals surface area contributed by atoms with Gasteiger partial charge in [0.1, 0.15) is 5.52 Å². The molecule has 6 nitrogen and oxygen atoms in total. The van der Waals surface area contributed by atoms with E-state index in [1.54, 1.807) is 0 Å². The molecule has 0 aliphatic rings. The number of nitrogens with zero attached hydrogens (tertiary/aromatic N) is 2. The van der Waals surface area contributed by atoms with Gasteiger partial charge in [-0.2, -0.15) is 5.10 Å². The fourth-order valence-corrected chi connectivity index (χ4v) is 2.27. The Balaban J connectivity index is 1.52. The second-order valence-corrected chi connectivity index (χ2v) is 5.27. The van der Waals surface area contributed by atoms with Gasteiger partial charge >= 0.3 is 0 Å². The molecule has 0 bridgehead atoms. The maximum absolute atomic E-state index is 11.9. The van der Waals surface area contributed by atoms with Gasteiger partial charge in [0, 0.05) is 18.5 Å². The van der Waals surface area contributed by atoms with Crippen LogP contribution in [0.5, 0.6) is 0 Å². The maximum Gasteiger partial charge on any atom is 0.220 e. The number of H-pyrrole nitrogens is 1. The molecule has 3 aromatic rings. The molecule has 2 heterocycles. The first kappa shape index (κ1) is 14.3. The number of rotatable bonds is 5. The van der Waals surface area contributed by atoms with E-state index in [-0.39, 0.29) is 5.91 Å². The molecule has 0 radical (unpaired) electrons. The highest BCUT2D eigenvalue weighted by atomic mass is 16.3. The van der Waals surface area contributed by atoms with E-state index in [0.717, 1.165) is 28.1 Å². The zero-order valence-corrected chi connectivity index (χ0v) is 12.6. The number of hydrogen-bond donors (Lipinski definition) is 2. The minimum Gasteiger partial charge on any atom is -0.439 e. The van der Waals surface area contributed by atoms with Crippen molar-refractivity contribution in [1.29, 1.82) is 0 Å². The van der Waals surface area contributed by atoms with E-state index in [2.05, 4.69) is 20.5 Å². The lowest BCUT2D eigenvalue weighted by molar-refractivity contribution is -0.121. The number of fused-ring (bicyclic) bond motifs is 1. The number of aromatic amines is 1. The van der Waals surface area contributed by atoms with Crippen molar-refractivity contribution in [3.8, 4) is 0 Å². The molecular weight excluding hydrogens is 280 g/mol. The van der Waals surface area contributed by atoms with Crippen LogP contribution in [0.4, 0.5) is 0 Å². The summed E-state index contributed by atoms with van der Waals surface area (Å²) in [4.78, 5) is 16.2. The largest absolute Gasteiger partial charge is 0.439 e. The van der Waals surface area contributed by atoms with Gasteiger partial charge in [-0.3, -0.25) is 9.89 Å². The van der Waals surface area contributed by atoms with Gasteiger partial charge in [-0.05, 0) is 31.5 Å². The zero-order chi connectivity index (χ0) is 15.5. The summed E-state index contributed by atoms with van der Waals surface area (Å²) in [7, 11) is 0. The van der Waals surface area contributed by atoms with Gasteiger partial charge in [-0.15, -0.1) is 0 Å². The molecular formula is C16H18N4O2. The first-order valence-corrected chi connectivity index (χ1v) is 7.25. The van der Waals surface area contributed by atoms with Crippen LogP contribution in [0, 0.1) is 13.8 Å².